The second-order valence-corrected chi connectivity index (χ2v) is 25.9. The molecule has 2 aliphatic heterocycles. The summed E-state index contributed by atoms with van der Waals surface area (Å²) in [4.78, 5) is 28.3. The minimum Gasteiger partial charge on any atom is -0.806 e. The maximum atomic E-state index is 13.0. The molecule has 5 aromatic heterocycles. The molecule has 0 saturated carbocycles. The summed E-state index contributed by atoms with van der Waals surface area (Å²) in [7, 11) is -0.281. The van der Waals surface area contributed by atoms with Crippen molar-refractivity contribution in [1.82, 2.24) is 44.1 Å². The fourth-order valence-corrected chi connectivity index (χ4v) is 12.3. The Balaban J connectivity index is 0.000000160. The van der Waals surface area contributed by atoms with Crippen molar-refractivity contribution >= 4 is 49.2 Å². The third kappa shape index (κ3) is 15.5. The van der Waals surface area contributed by atoms with Gasteiger partial charge in [0.05, 0.1) is 18.1 Å². The smallest absolute Gasteiger partial charge is 0.388 e. The summed E-state index contributed by atoms with van der Waals surface area (Å²) in [5.41, 5.74) is 17.6. The van der Waals surface area contributed by atoms with Crippen LogP contribution in [0.1, 0.15) is 101 Å². The number of benzene rings is 2. The first kappa shape index (κ1) is 61.6. The first-order chi connectivity index (χ1) is 40.6. The molecule has 452 valence electrons. The largest absolute Gasteiger partial charge is 0.806 e. The number of nitrogens with one attached hydrogen (secondary N) is 2. The normalized spacial score (nSPS) is 16.0. The molecular weight excluding hydrogens is 1120 g/mol. The fourth-order valence-electron chi connectivity index (χ4n) is 10.7. The zero-order valence-corrected chi connectivity index (χ0v) is 51.3. The summed E-state index contributed by atoms with van der Waals surface area (Å²) < 4.78 is 71.8. The third-order valence-electron chi connectivity index (χ3n) is 15.6. The van der Waals surface area contributed by atoms with Crippen molar-refractivity contribution in [3.05, 3.63) is 132 Å². The van der Waals surface area contributed by atoms with E-state index in [4.69, 9.17) is 15.2 Å². The summed E-state index contributed by atoms with van der Waals surface area (Å²) >= 11 is 0. The van der Waals surface area contributed by atoms with E-state index in [-0.39, 0.29) is 34.3 Å². The molecule has 0 unspecified atom stereocenters. The number of anilines is 3. The van der Waals surface area contributed by atoms with E-state index in [9.17, 15) is 26.7 Å². The molecule has 4 N–H and O–H groups in total. The maximum absolute atomic E-state index is 13.0. The molecule has 2 aliphatic carbocycles. The number of rotatable bonds is 14. The van der Waals surface area contributed by atoms with Gasteiger partial charge < -0.3 is 40.3 Å². The van der Waals surface area contributed by atoms with Gasteiger partial charge in [-0.05, 0) is 164 Å². The lowest BCUT2D eigenvalue weighted by molar-refractivity contribution is -0.613. The van der Waals surface area contributed by atoms with E-state index < -0.39 is 32.1 Å². The molecule has 2 amide bonds. The molecule has 4 aliphatic rings. The zero-order valence-electron chi connectivity index (χ0n) is 49.7. The molecule has 22 nitrogen and oxygen atoms in total. The Morgan fingerprint density at radius 3 is 1.72 bits per heavy atom. The number of nitrogen functional groups attached to an aromatic ring is 1. The number of sulfonamides is 2. The summed E-state index contributed by atoms with van der Waals surface area (Å²) in [6.07, 6.45) is 20.1. The minimum atomic E-state index is -4.14. The Morgan fingerprint density at radius 2 is 1.19 bits per heavy atom. The lowest BCUT2D eigenvalue weighted by Crippen LogP contribution is -2.51. The van der Waals surface area contributed by atoms with Crippen LogP contribution in [0, 0.1) is 0 Å². The van der Waals surface area contributed by atoms with Gasteiger partial charge in [0.15, 0.2) is 5.03 Å². The highest BCUT2D eigenvalue weighted by Gasteiger charge is 2.28. The number of hydrogen-bond donors (Lipinski definition) is 3. The van der Waals surface area contributed by atoms with Gasteiger partial charge in [-0.25, -0.2) is 24.1 Å². The number of carbonyl (C=O) groups excluding carboxylic acids is 1. The molecule has 24 heteroatoms. The second kappa shape index (κ2) is 27.0. The first-order valence-corrected chi connectivity index (χ1v) is 31.9. The van der Waals surface area contributed by atoms with E-state index in [0.29, 0.717) is 17.4 Å². The molecular formula is C61H78N14O8S2. The van der Waals surface area contributed by atoms with Crippen molar-refractivity contribution in [3.63, 3.8) is 0 Å². The van der Waals surface area contributed by atoms with Crippen molar-refractivity contribution in [3.8, 4) is 34.0 Å². The highest BCUT2D eigenvalue weighted by molar-refractivity contribution is 7.90. The Labute approximate surface area is 498 Å². The average molecular weight is 1200 g/mol. The number of pyridine rings is 3. The quantitative estimate of drug-likeness (QED) is 0.0426. The predicted octanol–water partition coefficient (Wildman–Crippen LogP) is 7.06. The van der Waals surface area contributed by atoms with Crippen LogP contribution in [-0.4, -0.2) is 135 Å². The number of aromatic nitrogens is 7. The van der Waals surface area contributed by atoms with Gasteiger partial charge in [-0.3, -0.25) is 9.36 Å². The summed E-state index contributed by atoms with van der Waals surface area (Å²) in [5.74, 6) is 1.25. The van der Waals surface area contributed by atoms with Crippen molar-refractivity contribution in [2.24, 2.45) is 4.40 Å². The van der Waals surface area contributed by atoms with E-state index in [1.165, 1.54) is 57.6 Å². The number of piperidine rings is 2. The number of urea groups is 1. The third-order valence-corrected chi connectivity index (χ3v) is 18.0. The van der Waals surface area contributed by atoms with Crippen molar-refractivity contribution in [2.45, 2.75) is 126 Å². The molecule has 2 saturated heterocycles. The molecule has 0 bridgehead atoms. The average Bonchev–Trinajstić information content (AvgIpc) is 2.64. The number of ether oxygens (including phenoxy) is 2. The molecule has 11 rings (SSSR count). The Bertz CT molecular complexity index is 3720. The SMILES string of the molecule is CC(C)n1ccc(S(=O)(=O)N=C([O-])[n+]2ccc(N(C)C)cc2)n1.CC(C)n1ccc(S(=O)(=O)NC(=O)Nc2c(-c3ccnc(OC4CCN(C)CC4)c3)ccc3c2CCC3)n1.CN1CCC(Oc2cc(-c3ccc4c(c3N)CCC4)ccn2)CC1. The van der Waals surface area contributed by atoms with Gasteiger partial charge >= 0.3 is 16.1 Å². The van der Waals surface area contributed by atoms with Crippen LogP contribution in [0.15, 0.2) is 124 Å². The molecule has 7 aromatic rings. The number of fused-ring (bicyclic) bond motifs is 2. The fraction of sp³-hybridized carbons (Fsp3) is 0.426. The van der Waals surface area contributed by atoms with Gasteiger partial charge in [0, 0.05) is 128 Å². The summed E-state index contributed by atoms with van der Waals surface area (Å²) in [5, 5.41) is 22.4. The van der Waals surface area contributed by atoms with Crippen LogP contribution < -0.4 is 39.8 Å². The van der Waals surface area contributed by atoms with E-state index in [0.717, 1.165) is 133 Å². The highest BCUT2D eigenvalue weighted by Crippen LogP contribution is 2.39. The minimum absolute atomic E-state index is 0.00377. The van der Waals surface area contributed by atoms with Gasteiger partial charge in [0.2, 0.25) is 16.8 Å². The van der Waals surface area contributed by atoms with Crippen LogP contribution in [0.2, 0.25) is 0 Å². The lowest BCUT2D eigenvalue weighted by atomic mass is 9.98. The van der Waals surface area contributed by atoms with Crippen LogP contribution in [0.3, 0.4) is 0 Å². The van der Waals surface area contributed by atoms with Gasteiger partial charge in [0.1, 0.15) is 12.2 Å². The first-order valence-electron chi connectivity index (χ1n) is 28.9. The monoisotopic (exact) mass is 1200 g/mol. The Morgan fingerprint density at radius 1 is 0.694 bits per heavy atom. The standard InChI is InChI=1S/C27H34N6O4S.C20H25N3O.C14H19N5O3S/c1-18(2)33-16-12-25(30-33)38(35,36)31-27(34)29-26-22-6-4-5-19(22)7-8-23(26)20-9-13-28-24(17-20)37-21-10-14-32(3)15-11-21;1-23-11-8-16(9-12-23)24-19-13-15(7-10-22-19)18-6-5-14-3-2-4-17(14)20(18)21;1-11(2)19-10-7-13(15-19)23(21,22)16-14(20)18-8-5-12(6-9-18)17(3)4/h7-9,12-13,16-18,21H,4-6,10-11,14-15H2,1-3H3,(H2,29,31,34);5-7,10,13,16H,2-4,8-9,11-12,21H2,1H3;5-11H,1-4H3. The van der Waals surface area contributed by atoms with Gasteiger partial charge in [0.25, 0.3) is 16.0 Å². The van der Waals surface area contributed by atoms with Crippen LogP contribution in [-0.2, 0) is 45.7 Å². The van der Waals surface area contributed by atoms with Crippen LogP contribution in [0.5, 0.6) is 11.8 Å². The van der Waals surface area contributed by atoms with Crippen molar-refractivity contribution < 1.29 is 40.8 Å². The number of carbonyl (C=O) groups is 1. The number of aryl methyl sites for hydroxylation is 2. The van der Waals surface area contributed by atoms with Crippen LogP contribution in [0.4, 0.5) is 21.9 Å². The predicted molar refractivity (Wildman–Crippen MR) is 326 cm³/mol. The molecule has 7 heterocycles. The van der Waals surface area contributed by atoms with Gasteiger partial charge in [-0.1, -0.05) is 24.3 Å². The van der Waals surface area contributed by atoms with Crippen molar-refractivity contribution in [1.29, 1.82) is 0 Å². The Kier molecular flexibility index (Phi) is 19.6. The van der Waals surface area contributed by atoms with Gasteiger partial charge in [-0.15, -0.1) is 0 Å². The maximum Gasteiger partial charge on any atom is 0.388 e. The molecule has 0 radical (unpaired) electrons. The number of likely N-dealkylation sites (tertiary alicyclic amines) is 2. The molecule has 2 fully saturated rings. The van der Waals surface area contributed by atoms with E-state index in [1.807, 2.05) is 83.2 Å². The molecule has 2 aromatic carbocycles. The number of hydrogen-bond acceptors (Lipinski definition) is 16. The number of nitrogens with zero attached hydrogens (tertiary/aromatic N) is 11. The lowest BCUT2D eigenvalue weighted by Gasteiger charge is -2.29. The molecule has 0 atom stereocenters. The zero-order chi connectivity index (χ0) is 60.6. The second-order valence-electron chi connectivity index (χ2n) is 22.7. The van der Waals surface area contributed by atoms with Crippen LogP contribution in [0.25, 0.3) is 22.3 Å². The molecule has 85 heavy (non-hydrogen) atoms. The van der Waals surface area contributed by atoms with Gasteiger partial charge in [-0.2, -0.15) is 27.0 Å². The number of nitrogens with two attached hydrogens (primary N) is 1. The van der Waals surface area contributed by atoms with E-state index in [1.54, 1.807) is 24.5 Å². The van der Waals surface area contributed by atoms with E-state index >= 15 is 0 Å². The topological polar surface area (TPSA) is 264 Å². The Hall–Kier alpha value is -7.93. The number of amides is 2. The van der Waals surface area contributed by atoms with E-state index in [2.05, 4.69) is 76.7 Å². The summed E-state index contributed by atoms with van der Waals surface area (Å²) in [6, 6.07) is 20.6. The summed E-state index contributed by atoms with van der Waals surface area (Å²) in [6.45, 7) is 11.7. The van der Waals surface area contributed by atoms with Crippen LogP contribution >= 0.6 is 0 Å². The highest BCUT2D eigenvalue weighted by atomic mass is 32.2. The van der Waals surface area contributed by atoms with Crippen molar-refractivity contribution in [2.75, 3.05) is 70.3 Å². The molecule has 0 spiro atoms.